The molecule has 9 heteroatoms. The van der Waals surface area contributed by atoms with E-state index in [-0.39, 0.29) is 0 Å². The normalized spacial score (nSPS) is 17.8. The maximum absolute atomic E-state index is 6.36. The summed E-state index contributed by atoms with van der Waals surface area (Å²) in [5.74, 6) is 2.72. The van der Waals surface area contributed by atoms with Crippen molar-refractivity contribution in [2.45, 2.75) is 32.2 Å². The van der Waals surface area contributed by atoms with Gasteiger partial charge in [0.05, 0.1) is 0 Å². The van der Waals surface area contributed by atoms with Crippen LogP contribution in [0.25, 0.3) is 5.82 Å². The van der Waals surface area contributed by atoms with Crippen LogP contribution < -0.4 is 10.6 Å². The fraction of sp³-hybridized carbons (Fsp3) is 0.438. The van der Waals surface area contributed by atoms with Gasteiger partial charge in [0.1, 0.15) is 24.2 Å². The molecule has 1 aliphatic rings. The number of aromatic nitrogens is 7. The molecule has 0 bridgehead atoms. The Kier molecular flexibility index (Phi) is 4.04. The highest BCUT2D eigenvalue weighted by Gasteiger charge is 2.27. The van der Waals surface area contributed by atoms with E-state index in [0.29, 0.717) is 17.4 Å². The molecule has 0 saturated carbocycles. The number of hydrogen-bond donors (Lipinski definition) is 1. The third kappa shape index (κ3) is 2.81. The smallest absolute Gasteiger partial charge is 0.181 e. The molecule has 1 atom stereocenters. The summed E-state index contributed by atoms with van der Waals surface area (Å²) in [7, 11) is 0. The van der Waals surface area contributed by atoms with Crippen molar-refractivity contribution >= 4 is 11.5 Å². The molecule has 0 spiro atoms. The number of aryl methyl sites for hydroxylation is 1. The fourth-order valence-electron chi connectivity index (χ4n) is 3.41. The van der Waals surface area contributed by atoms with Gasteiger partial charge in [-0.05, 0) is 25.8 Å². The molecule has 3 aromatic rings. The van der Waals surface area contributed by atoms with Crippen LogP contribution in [-0.2, 0) is 6.54 Å². The minimum Gasteiger partial charge on any atom is -0.393 e. The van der Waals surface area contributed by atoms with Crippen LogP contribution in [0.15, 0.2) is 31.1 Å². The first kappa shape index (κ1) is 15.6. The minimum atomic E-state index is 0.318. The summed E-state index contributed by atoms with van der Waals surface area (Å²) in [5.41, 5.74) is 6.91. The lowest BCUT2D eigenvalue weighted by molar-refractivity contribution is 0.471. The highest BCUT2D eigenvalue weighted by Crippen LogP contribution is 2.32. The first-order valence-electron chi connectivity index (χ1n) is 8.51. The van der Waals surface area contributed by atoms with Gasteiger partial charge in [-0.15, -0.1) is 10.2 Å². The summed E-state index contributed by atoms with van der Waals surface area (Å²) >= 11 is 0. The molecular formula is C16H21N9. The van der Waals surface area contributed by atoms with Crippen molar-refractivity contribution in [1.82, 2.24) is 34.5 Å². The zero-order valence-corrected chi connectivity index (χ0v) is 14.2. The Morgan fingerprint density at radius 1 is 1.28 bits per heavy atom. The van der Waals surface area contributed by atoms with Crippen LogP contribution in [0.2, 0.25) is 0 Å². The Bertz CT molecular complexity index is 839. The SMILES string of the molecule is CCn1cnnc1C1CCCN(c2ncnc(-n3cccn3)c2N)C1. The fourth-order valence-corrected chi connectivity index (χ4v) is 3.41. The number of rotatable bonds is 4. The number of piperidine rings is 1. The molecule has 1 fully saturated rings. The monoisotopic (exact) mass is 339 g/mol. The first-order chi connectivity index (χ1) is 12.3. The number of nitrogens with zero attached hydrogens (tertiary/aromatic N) is 8. The Hall–Kier alpha value is -2.97. The standard InChI is InChI=1S/C16H21N9/c1-2-23-11-20-22-14(23)12-5-3-7-24(9-12)15-13(17)16(19-10-18-15)25-8-4-6-21-25/h4,6,8,10-12H,2-3,5,7,9,17H2,1H3. The third-order valence-corrected chi connectivity index (χ3v) is 4.64. The lowest BCUT2D eigenvalue weighted by atomic mass is 9.97. The Morgan fingerprint density at radius 3 is 2.96 bits per heavy atom. The van der Waals surface area contributed by atoms with Gasteiger partial charge in [0.25, 0.3) is 0 Å². The molecule has 130 valence electrons. The van der Waals surface area contributed by atoms with Crippen LogP contribution in [0.3, 0.4) is 0 Å². The van der Waals surface area contributed by atoms with Crippen LogP contribution in [0.5, 0.6) is 0 Å². The lowest BCUT2D eigenvalue weighted by Gasteiger charge is -2.33. The van der Waals surface area contributed by atoms with Crippen LogP contribution in [-0.4, -0.2) is 47.6 Å². The molecule has 3 aromatic heterocycles. The van der Waals surface area contributed by atoms with Gasteiger partial charge in [0.15, 0.2) is 11.6 Å². The van der Waals surface area contributed by atoms with Gasteiger partial charge >= 0.3 is 0 Å². The number of hydrogen-bond acceptors (Lipinski definition) is 7. The molecule has 1 aliphatic heterocycles. The number of nitrogens with two attached hydrogens (primary N) is 1. The van der Waals surface area contributed by atoms with Gasteiger partial charge in [-0.2, -0.15) is 5.10 Å². The molecule has 0 amide bonds. The van der Waals surface area contributed by atoms with E-state index in [9.17, 15) is 0 Å². The van der Waals surface area contributed by atoms with Gasteiger partial charge in [0.2, 0.25) is 0 Å². The minimum absolute atomic E-state index is 0.318. The summed E-state index contributed by atoms with van der Waals surface area (Å²) in [6.45, 7) is 4.71. The van der Waals surface area contributed by atoms with Gasteiger partial charge in [0, 0.05) is 37.9 Å². The van der Waals surface area contributed by atoms with Gasteiger partial charge < -0.3 is 15.2 Å². The summed E-state index contributed by atoms with van der Waals surface area (Å²) < 4.78 is 3.77. The van der Waals surface area contributed by atoms with E-state index in [1.807, 2.05) is 12.3 Å². The van der Waals surface area contributed by atoms with E-state index in [2.05, 4.69) is 41.7 Å². The van der Waals surface area contributed by atoms with Crippen molar-refractivity contribution in [3.05, 3.63) is 36.9 Å². The summed E-state index contributed by atoms with van der Waals surface area (Å²) in [5, 5.41) is 12.6. The van der Waals surface area contributed by atoms with Crippen LogP contribution in [0.4, 0.5) is 11.5 Å². The van der Waals surface area contributed by atoms with Crippen molar-refractivity contribution in [1.29, 1.82) is 0 Å². The molecule has 0 radical (unpaired) electrons. The second-order valence-corrected chi connectivity index (χ2v) is 6.15. The predicted molar refractivity (Wildman–Crippen MR) is 93.5 cm³/mol. The quantitative estimate of drug-likeness (QED) is 0.762. The summed E-state index contributed by atoms with van der Waals surface area (Å²) in [4.78, 5) is 10.9. The van der Waals surface area contributed by atoms with Crippen molar-refractivity contribution in [2.75, 3.05) is 23.7 Å². The van der Waals surface area contributed by atoms with E-state index < -0.39 is 0 Å². The zero-order valence-electron chi connectivity index (χ0n) is 14.2. The molecule has 4 rings (SSSR count). The van der Waals surface area contributed by atoms with E-state index in [1.54, 1.807) is 23.5 Å². The Morgan fingerprint density at radius 2 is 2.16 bits per heavy atom. The summed E-state index contributed by atoms with van der Waals surface area (Å²) in [6.07, 6.45) is 9.01. The third-order valence-electron chi connectivity index (χ3n) is 4.64. The largest absolute Gasteiger partial charge is 0.393 e. The maximum Gasteiger partial charge on any atom is 0.181 e. The molecular weight excluding hydrogens is 318 g/mol. The van der Waals surface area contributed by atoms with Gasteiger partial charge in [-0.3, -0.25) is 0 Å². The van der Waals surface area contributed by atoms with E-state index >= 15 is 0 Å². The van der Waals surface area contributed by atoms with Crippen LogP contribution in [0, 0.1) is 0 Å². The molecule has 9 nitrogen and oxygen atoms in total. The van der Waals surface area contributed by atoms with Crippen molar-refractivity contribution in [3.8, 4) is 5.82 Å². The molecule has 1 saturated heterocycles. The Labute approximate surface area is 145 Å². The van der Waals surface area contributed by atoms with E-state index in [1.165, 1.54) is 0 Å². The molecule has 0 aliphatic carbocycles. The van der Waals surface area contributed by atoms with Gasteiger partial charge in [-0.1, -0.05) is 0 Å². The van der Waals surface area contributed by atoms with Crippen LogP contribution >= 0.6 is 0 Å². The van der Waals surface area contributed by atoms with Crippen molar-refractivity contribution in [2.24, 2.45) is 0 Å². The number of nitrogen functional groups attached to an aromatic ring is 1. The van der Waals surface area contributed by atoms with E-state index in [0.717, 1.165) is 44.1 Å². The lowest BCUT2D eigenvalue weighted by Crippen LogP contribution is -2.36. The predicted octanol–water partition coefficient (Wildman–Crippen LogP) is 1.24. The average Bonchev–Trinajstić information content (AvgIpc) is 3.33. The Balaban J connectivity index is 1.63. The topological polar surface area (TPSA) is 104 Å². The first-order valence-corrected chi connectivity index (χ1v) is 8.51. The van der Waals surface area contributed by atoms with Crippen molar-refractivity contribution in [3.63, 3.8) is 0 Å². The molecule has 1 unspecified atom stereocenters. The van der Waals surface area contributed by atoms with E-state index in [4.69, 9.17) is 5.73 Å². The van der Waals surface area contributed by atoms with Crippen molar-refractivity contribution < 1.29 is 0 Å². The second-order valence-electron chi connectivity index (χ2n) is 6.15. The number of anilines is 2. The molecule has 25 heavy (non-hydrogen) atoms. The maximum atomic E-state index is 6.36. The molecule has 2 N–H and O–H groups in total. The highest BCUT2D eigenvalue weighted by molar-refractivity contribution is 5.70. The molecule has 0 aromatic carbocycles. The highest BCUT2D eigenvalue weighted by atomic mass is 15.3. The molecule has 4 heterocycles. The van der Waals surface area contributed by atoms with Crippen LogP contribution in [0.1, 0.15) is 31.5 Å². The average molecular weight is 339 g/mol. The van der Waals surface area contributed by atoms with Gasteiger partial charge in [-0.25, -0.2) is 14.6 Å². The second kappa shape index (κ2) is 6.50. The summed E-state index contributed by atoms with van der Waals surface area (Å²) in [6, 6.07) is 1.84. The zero-order chi connectivity index (χ0) is 17.2.